The summed E-state index contributed by atoms with van der Waals surface area (Å²) >= 11 is 0. The number of aryl methyl sites for hydroxylation is 1. The van der Waals surface area contributed by atoms with E-state index in [9.17, 15) is 14.0 Å². The lowest BCUT2D eigenvalue weighted by Crippen LogP contribution is -2.21. The lowest BCUT2D eigenvalue weighted by molar-refractivity contribution is -0.116. The molecule has 0 saturated carbocycles. The normalized spacial score (nSPS) is 13.2. The van der Waals surface area contributed by atoms with E-state index < -0.39 is 11.7 Å². The van der Waals surface area contributed by atoms with Crippen molar-refractivity contribution in [3.8, 4) is 6.07 Å². The number of nitrogens with zero attached hydrogens (tertiary/aromatic N) is 1. The highest BCUT2D eigenvalue weighted by Crippen LogP contribution is 2.29. The van der Waals surface area contributed by atoms with Gasteiger partial charge in [0.25, 0.3) is 0 Å². The molecule has 2 amide bonds. The van der Waals surface area contributed by atoms with Crippen LogP contribution in [0, 0.1) is 17.1 Å². The van der Waals surface area contributed by atoms with Crippen molar-refractivity contribution < 1.29 is 14.0 Å². The number of nitrogens with one attached hydrogen (secondary N) is 2. The first kappa shape index (κ1) is 12.0. The fraction of sp³-hybridized carbons (Fsp3) is 0.250. The van der Waals surface area contributed by atoms with Crippen LogP contribution in [0.15, 0.2) is 12.1 Å². The molecule has 2 N–H and O–H groups in total. The lowest BCUT2D eigenvalue weighted by atomic mass is 10.0. The van der Waals surface area contributed by atoms with E-state index in [1.807, 2.05) is 0 Å². The number of benzene rings is 1. The van der Waals surface area contributed by atoms with Gasteiger partial charge in [-0.1, -0.05) is 0 Å². The number of halogens is 1. The zero-order valence-corrected chi connectivity index (χ0v) is 9.42. The van der Waals surface area contributed by atoms with Crippen molar-refractivity contribution in [2.24, 2.45) is 0 Å². The molecule has 0 saturated heterocycles. The summed E-state index contributed by atoms with van der Waals surface area (Å²) in [6.07, 6.45) is 0.442. The van der Waals surface area contributed by atoms with Gasteiger partial charge in [0.05, 0.1) is 11.8 Å². The molecule has 5 nitrogen and oxygen atoms in total. The van der Waals surface area contributed by atoms with Gasteiger partial charge in [-0.3, -0.25) is 9.59 Å². The van der Waals surface area contributed by atoms with E-state index in [1.165, 1.54) is 0 Å². The molecule has 0 aromatic heterocycles. The van der Waals surface area contributed by atoms with Crippen molar-refractivity contribution in [2.45, 2.75) is 19.3 Å². The minimum Gasteiger partial charge on any atom is -0.325 e. The molecule has 0 atom stereocenters. The summed E-state index contributed by atoms with van der Waals surface area (Å²) in [5.41, 5.74) is 1.11. The van der Waals surface area contributed by atoms with Crippen molar-refractivity contribution in [3.63, 3.8) is 0 Å². The van der Waals surface area contributed by atoms with Crippen LogP contribution in [0.2, 0.25) is 0 Å². The maximum absolute atomic E-state index is 13.7. The maximum atomic E-state index is 13.7. The summed E-state index contributed by atoms with van der Waals surface area (Å²) in [6, 6.07) is 4.44. The van der Waals surface area contributed by atoms with E-state index in [0.717, 1.165) is 6.07 Å². The molecule has 6 heteroatoms. The summed E-state index contributed by atoms with van der Waals surface area (Å²) < 4.78 is 13.7. The predicted octanol–water partition coefficient (Wildman–Crippen LogP) is 1.56. The summed E-state index contributed by atoms with van der Waals surface area (Å²) in [6.45, 7) is 0. The molecule has 0 fully saturated rings. The van der Waals surface area contributed by atoms with Gasteiger partial charge in [0.15, 0.2) is 0 Å². The highest BCUT2D eigenvalue weighted by molar-refractivity contribution is 5.96. The Balaban J connectivity index is 2.26. The third kappa shape index (κ3) is 2.46. The first-order valence-electron chi connectivity index (χ1n) is 5.39. The van der Waals surface area contributed by atoms with Crippen LogP contribution in [0.4, 0.5) is 15.8 Å². The van der Waals surface area contributed by atoms with Crippen LogP contribution >= 0.6 is 0 Å². The molecular weight excluding hydrogens is 237 g/mol. The van der Waals surface area contributed by atoms with Crippen molar-refractivity contribution >= 4 is 23.2 Å². The number of hydrogen-bond donors (Lipinski definition) is 2. The fourth-order valence-corrected chi connectivity index (χ4v) is 1.80. The van der Waals surface area contributed by atoms with Gasteiger partial charge in [0.2, 0.25) is 11.8 Å². The number of anilines is 2. The smallest absolute Gasteiger partial charge is 0.238 e. The Labute approximate surface area is 103 Å². The fourth-order valence-electron chi connectivity index (χ4n) is 1.80. The molecule has 18 heavy (non-hydrogen) atoms. The van der Waals surface area contributed by atoms with Crippen LogP contribution < -0.4 is 10.6 Å². The van der Waals surface area contributed by atoms with E-state index in [2.05, 4.69) is 10.6 Å². The Kier molecular flexibility index (Phi) is 3.24. The van der Waals surface area contributed by atoms with E-state index in [1.54, 1.807) is 12.1 Å². The van der Waals surface area contributed by atoms with E-state index in [0.29, 0.717) is 24.1 Å². The van der Waals surface area contributed by atoms with Crippen LogP contribution in [-0.2, 0) is 16.0 Å². The van der Waals surface area contributed by atoms with Crippen LogP contribution in [-0.4, -0.2) is 11.8 Å². The number of amides is 2. The van der Waals surface area contributed by atoms with Gasteiger partial charge in [-0.25, -0.2) is 4.39 Å². The van der Waals surface area contributed by atoms with Crippen molar-refractivity contribution in [1.82, 2.24) is 0 Å². The minimum atomic E-state index is -0.590. The number of hydrogen-bond acceptors (Lipinski definition) is 3. The van der Waals surface area contributed by atoms with Crippen molar-refractivity contribution in [2.75, 3.05) is 10.6 Å². The standard InChI is InChI=1S/C12H10FN3O2/c13-9-6-8(15-11(18)3-4-14)5-7-1-2-10(17)16-12(7)9/h5-6H,1-3H2,(H,15,18)(H,16,17). The van der Waals surface area contributed by atoms with E-state index >= 15 is 0 Å². The van der Waals surface area contributed by atoms with Gasteiger partial charge in [0, 0.05) is 12.1 Å². The SMILES string of the molecule is N#CCC(=O)Nc1cc(F)c2c(c1)CCC(=O)N2. The molecule has 2 rings (SSSR count). The molecular formula is C12H10FN3O2. The quantitative estimate of drug-likeness (QED) is 0.832. The Morgan fingerprint density at radius 1 is 1.50 bits per heavy atom. The van der Waals surface area contributed by atoms with Gasteiger partial charge in [-0.05, 0) is 24.1 Å². The van der Waals surface area contributed by atoms with Gasteiger partial charge < -0.3 is 10.6 Å². The minimum absolute atomic E-state index is 0.171. The lowest BCUT2D eigenvalue weighted by Gasteiger charge is -2.18. The molecule has 1 heterocycles. The first-order valence-corrected chi connectivity index (χ1v) is 5.39. The van der Waals surface area contributed by atoms with Crippen LogP contribution in [0.1, 0.15) is 18.4 Å². The highest BCUT2D eigenvalue weighted by atomic mass is 19.1. The molecule has 1 aromatic rings. The van der Waals surface area contributed by atoms with Gasteiger partial charge in [0.1, 0.15) is 12.2 Å². The third-order valence-corrected chi connectivity index (χ3v) is 2.58. The van der Waals surface area contributed by atoms with Gasteiger partial charge in [-0.15, -0.1) is 0 Å². The zero-order chi connectivity index (χ0) is 13.1. The number of carbonyl (C=O) groups is 2. The highest BCUT2D eigenvalue weighted by Gasteiger charge is 2.19. The summed E-state index contributed by atoms with van der Waals surface area (Å²) in [5.74, 6) is -1.30. The Morgan fingerprint density at radius 3 is 3.00 bits per heavy atom. The average Bonchev–Trinajstić information content (AvgIpc) is 2.30. The molecule has 1 aliphatic rings. The monoisotopic (exact) mass is 247 g/mol. The Hall–Kier alpha value is -2.42. The average molecular weight is 247 g/mol. The van der Waals surface area contributed by atoms with Gasteiger partial charge >= 0.3 is 0 Å². The predicted molar refractivity (Wildman–Crippen MR) is 62.2 cm³/mol. The summed E-state index contributed by atoms with van der Waals surface area (Å²) in [7, 11) is 0. The number of fused-ring (bicyclic) bond motifs is 1. The maximum Gasteiger partial charge on any atom is 0.238 e. The number of carbonyl (C=O) groups excluding carboxylic acids is 2. The largest absolute Gasteiger partial charge is 0.325 e. The van der Waals surface area contributed by atoms with Crippen LogP contribution in [0.25, 0.3) is 0 Å². The second kappa shape index (κ2) is 4.84. The van der Waals surface area contributed by atoms with Crippen molar-refractivity contribution in [1.29, 1.82) is 5.26 Å². The number of rotatable bonds is 2. The molecule has 0 unspecified atom stereocenters. The molecule has 0 bridgehead atoms. The summed E-state index contributed by atoms with van der Waals surface area (Å²) in [4.78, 5) is 22.4. The van der Waals surface area contributed by atoms with Crippen LogP contribution in [0.5, 0.6) is 0 Å². The molecule has 0 spiro atoms. The molecule has 0 radical (unpaired) electrons. The Morgan fingerprint density at radius 2 is 2.28 bits per heavy atom. The zero-order valence-electron chi connectivity index (χ0n) is 9.42. The summed E-state index contributed by atoms with van der Waals surface area (Å²) in [5, 5.41) is 13.2. The molecule has 1 aromatic carbocycles. The van der Waals surface area contributed by atoms with Crippen molar-refractivity contribution in [3.05, 3.63) is 23.5 Å². The molecule has 92 valence electrons. The first-order chi connectivity index (χ1) is 8.60. The van der Waals surface area contributed by atoms with E-state index in [-0.39, 0.29) is 18.0 Å². The second-order valence-corrected chi connectivity index (χ2v) is 3.92. The third-order valence-electron chi connectivity index (χ3n) is 2.58. The van der Waals surface area contributed by atoms with E-state index in [4.69, 9.17) is 5.26 Å². The molecule has 1 aliphatic heterocycles. The molecule has 0 aliphatic carbocycles. The topological polar surface area (TPSA) is 82.0 Å². The number of nitriles is 1. The van der Waals surface area contributed by atoms with Crippen LogP contribution in [0.3, 0.4) is 0 Å². The second-order valence-electron chi connectivity index (χ2n) is 3.92. The van der Waals surface area contributed by atoms with Gasteiger partial charge in [-0.2, -0.15) is 5.26 Å². The Bertz CT molecular complexity index is 563.